The van der Waals surface area contributed by atoms with Crippen molar-refractivity contribution >= 4 is 54.9 Å². The Balaban J connectivity index is 1.02. The summed E-state index contributed by atoms with van der Waals surface area (Å²) in [5, 5.41) is 8.28. The first kappa shape index (κ1) is 25.7. The van der Waals surface area contributed by atoms with Crippen molar-refractivity contribution in [3.05, 3.63) is 95.7 Å². The molecule has 220 valence electrons. The molecular formula is C34H23N5O5S. The van der Waals surface area contributed by atoms with Crippen LogP contribution in [0.5, 0.6) is 41.0 Å². The second-order valence-corrected chi connectivity index (χ2v) is 11.3. The minimum atomic E-state index is -0.341. The summed E-state index contributed by atoms with van der Waals surface area (Å²) in [6, 6.07) is 28.0. The van der Waals surface area contributed by atoms with Crippen LogP contribution in [0.2, 0.25) is 0 Å². The van der Waals surface area contributed by atoms with Gasteiger partial charge in [0.2, 0.25) is 0 Å². The Kier molecular flexibility index (Phi) is 5.94. The predicted octanol–water partition coefficient (Wildman–Crippen LogP) is 8.01. The summed E-state index contributed by atoms with van der Waals surface area (Å²) in [6.45, 7) is 0.497. The van der Waals surface area contributed by atoms with Gasteiger partial charge in [0.1, 0.15) is 24.7 Å². The highest BCUT2D eigenvalue weighted by Crippen LogP contribution is 2.36. The van der Waals surface area contributed by atoms with Crippen LogP contribution in [0.3, 0.4) is 0 Å². The molecule has 0 saturated heterocycles. The zero-order valence-electron chi connectivity index (χ0n) is 23.5. The molecule has 0 aliphatic carbocycles. The fourth-order valence-corrected chi connectivity index (χ4v) is 6.26. The van der Waals surface area contributed by atoms with E-state index < -0.39 is 0 Å². The number of aromatic nitrogens is 5. The van der Waals surface area contributed by atoms with E-state index in [-0.39, 0.29) is 30.7 Å². The number of H-pyrrole nitrogens is 2. The zero-order valence-corrected chi connectivity index (χ0v) is 24.3. The first-order valence-electron chi connectivity index (χ1n) is 14.3. The largest absolute Gasteiger partial charge is 0.485 e. The summed E-state index contributed by atoms with van der Waals surface area (Å²) < 4.78 is 30.0. The maximum atomic E-state index is 6.14. The average molecular weight is 614 g/mol. The van der Waals surface area contributed by atoms with Gasteiger partial charge in [0, 0.05) is 55.5 Å². The van der Waals surface area contributed by atoms with E-state index in [4.69, 9.17) is 23.7 Å². The lowest BCUT2D eigenvalue weighted by Gasteiger charge is -2.24. The van der Waals surface area contributed by atoms with E-state index in [0.717, 1.165) is 49.4 Å². The van der Waals surface area contributed by atoms with E-state index >= 15 is 0 Å². The number of ether oxygens (including phenoxy) is 5. The molecule has 45 heavy (non-hydrogen) atoms. The number of hydrogen-bond donors (Lipinski definition) is 2. The number of nitrogens with zero attached hydrogens (tertiary/aromatic N) is 3. The highest BCUT2D eigenvalue weighted by molar-refractivity contribution is 7.08. The minimum Gasteiger partial charge on any atom is -0.485 e. The number of benzene rings is 4. The Morgan fingerprint density at radius 1 is 0.644 bits per heavy atom. The number of thiophene rings is 1. The normalized spacial score (nSPS) is 14.4. The second-order valence-electron chi connectivity index (χ2n) is 10.6. The molecule has 0 saturated carbocycles. The molecule has 4 aromatic carbocycles. The predicted molar refractivity (Wildman–Crippen MR) is 171 cm³/mol. The highest BCUT2D eigenvalue weighted by Gasteiger charge is 2.23. The van der Waals surface area contributed by atoms with E-state index in [1.54, 1.807) is 0 Å². The second kappa shape index (κ2) is 10.4. The van der Waals surface area contributed by atoms with Crippen LogP contribution in [0.1, 0.15) is 0 Å². The minimum absolute atomic E-state index is 0.0260. The SMILES string of the molecule is c1ccc2c(c1)[nH]c1cc(Oc3nc(OCC4COc5cscc5O4)nc(Oc4ccc5c(c4)[nH]c4ccccc45)n3)ccc12. The molecule has 1 aliphatic heterocycles. The van der Waals surface area contributed by atoms with E-state index in [1.807, 2.05) is 83.6 Å². The van der Waals surface area contributed by atoms with Gasteiger partial charge < -0.3 is 33.7 Å². The molecule has 0 fully saturated rings. The fourth-order valence-electron chi connectivity index (χ4n) is 5.59. The van der Waals surface area contributed by atoms with Crippen molar-refractivity contribution in [2.24, 2.45) is 0 Å². The summed E-state index contributed by atoms with van der Waals surface area (Å²) in [6.07, 6.45) is -0.341. The fraction of sp³-hybridized carbons (Fsp3) is 0.0882. The molecule has 8 aromatic rings. The molecule has 10 nitrogen and oxygen atoms in total. The van der Waals surface area contributed by atoms with Gasteiger partial charge >= 0.3 is 18.0 Å². The lowest BCUT2D eigenvalue weighted by molar-refractivity contribution is 0.0511. The quantitative estimate of drug-likeness (QED) is 0.186. The third kappa shape index (κ3) is 4.79. The van der Waals surface area contributed by atoms with Crippen molar-refractivity contribution in [3.8, 4) is 41.0 Å². The van der Waals surface area contributed by atoms with Crippen LogP contribution in [0.4, 0.5) is 0 Å². The Morgan fingerprint density at radius 2 is 1.20 bits per heavy atom. The Morgan fingerprint density at radius 3 is 1.84 bits per heavy atom. The van der Waals surface area contributed by atoms with E-state index in [1.165, 1.54) is 11.3 Å². The van der Waals surface area contributed by atoms with Crippen LogP contribution in [0, 0.1) is 0 Å². The molecular weight excluding hydrogens is 590 g/mol. The van der Waals surface area contributed by atoms with Gasteiger partial charge in [0.05, 0.1) is 11.0 Å². The van der Waals surface area contributed by atoms with Gasteiger partial charge in [-0.15, -0.1) is 26.3 Å². The lowest BCUT2D eigenvalue weighted by Crippen LogP contribution is -2.34. The Labute approximate surface area is 259 Å². The summed E-state index contributed by atoms with van der Waals surface area (Å²) in [5.41, 5.74) is 3.97. The number of nitrogens with one attached hydrogen (secondary N) is 2. The maximum Gasteiger partial charge on any atom is 0.331 e. The molecule has 1 aliphatic rings. The van der Waals surface area contributed by atoms with Crippen LogP contribution in [-0.4, -0.2) is 44.2 Å². The molecule has 5 heterocycles. The molecule has 0 bridgehead atoms. The molecule has 4 aromatic heterocycles. The first-order chi connectivity index (χ1) is 22.2. The molecule has 2 N–H and O–H groups in total. The zero-order chi connectivity index (χ0) is 29.7. The number of aromatic amines is 2. The van der Waals surface area contributed by atoms with Crippen LogP contribution in [-0.2, 0) is 0 Å². The number of rotatable bonds is 7. The van der Waals surface area contributed by atoms with E-state index in [0.29, 0.717) is 23.9 Å². The molecule has 9 rings (SSSR count). The first-order valence-corrected chi connectivity index (χ1v) is 15.3. The van der Waals surface area contributed by atoms with Crippen molar-refractivity contribution < 1.29 is 23.7 Å². The molecule has 1 atom stereocenters. The summed E-state index contributed by atoms with van der Waals surface area (Å²) >= 11 is 1.52. The van der Waals surface area contributed by atoms with Crippen LogP contribution < -0.4 is 23.7 Å². The van der Waals surface area contributed by atoms with Crippen LogP contribution in [0.15, 0.2) is 95.7 Å². The Bertz CT molecular complexity index is 2230. The van der Waals surface area contributed by atoms with Gasteiger partial charge in [-0.1, -0.05) is 36.4 Å². The average Bonchev–Trinajstić information content (AvgIpc) is 3.78. The van der Waals surface area contributed by atoms with E-state index in [9.17, 15) is 0 Å². The van der Waals surface area contributed by atoms with Crippen LogP contribution in [0.25, 0.3) is 43.6 Å². The van der Waals surface area contributed by atoms with Crippen molar-refractivity contribution in [2.75, 3.05) is 13.2 Å². The number of fused-ring (bicyclic) bond motifs is 7. The van der Waals surface area contributed by atoms with Crippen molar-refractivity contribution in [1.29, 1.82) is 0 Å². The molecule has 0 spiro atoms. The van der Waals surface area contributed by atoms with Crippen LogP contribution >= 0.6 is 11.3 Å². The van der Waals surface area contributed by atoms with E-state index in [2.05, 4.69) is 37.1 Å². The van der Waals surface area contributed by atoms with Gasteiger partial charge in [-0.05, 0) is 36.4 Å². The van der Waals surface area contributed by atoms with Crippen molar-refractivity contribution in [3.63, 3.8) is 0 Å². The monoisotopic (exact) mass is 613 g/mol. The van der Waals surface area contributed by atoms with Crippen molar-refractivity contribution in [1.82, 2.24) is 24.9 Å². The topological polar surface area (TPSA) is 116 Å². The third-order valence-electron chi connectivity index (χ3n) is 7.66. The summed E-state index contributed by atoms with van der Waals surface area (Å²) in [4.78, 5) is 20.2. The third-order valence-corrected chi connectivity index (χ3v) is 8.36. The molecule has 0 radical (unpaired) electrons. The van der Waals surface area contributed by atoms with Gasteiger partial charge in [-0.2, -0.15) is 0 Å². The maximum absolute atomic E-state index is 6.14. The van der Waals surface area contributed by atoms with Gasteiger partial charge in [0.15, 0.2) is 17.6 Å². The molecule has 11 heteroatoms. The van der Waals surface area contributed by atoms with Gasteiger partial charge in [0.25, 0.3) is 0 Å². The summed E-state index contributed by atoms with van der Waals surface area (Å²) in [5.74, 6) is 2.53. The standard InChI is InChI=1S/C34H23N5O5S/c1-3-7-26-22(5-1)24-11-9-19(13-28(24)35-26)43-33-37-32(41-16-21-15-40-30-17-45-18-31(30)42-21)38-34(39-33)44-20-10-12-25-23-6-2-4-8-27(23)36-29(25)14-20/h1-14,17-18,21,35-36H,15-16H2. The van der Waals surface area contributed by atoms with Gasteiger partial charge in [-0.3, -0.25) is 0 Å². The lowest BCUT2D eigenvalue weighted by atomic mass is 10.1. The Hall–Kier alpha value is -5.81. The highest BCUT2D eigenvalue weighted by atomic mass is 32.1. The molecule has 0 amide bonds. The van der Waals surface area contributed by atoms with Gasteiger partial charge in [-0.25, -0.2) is 0 Å². The summed E-state index contributed by atoms with van der Waals surface area (Å²) in [7, 11) is 0. The van der Waals surface area contributed by atoms with Crippen molar-refractivity contribution in [2.45, 2.75) is 6.10 Å². The smallest absolute Gasteiger partial charge is 0.331 e. The number of hydrogen-bond acceptors (Lipinski definition) is 9. The number of para-hydroxylation sites is 2. The molecule has 1 unspecified atom stereocenters.